The van der Waals surface area contributed by atoms with E-state index in [1.807, 2.05) is 0 Å². The van der Waals surface area contributed by atoms with Gasteiger partial charge in [0.25, 0.3) is 0 Å². The fraction of sp³-hybridized carbons (Fsp3) is 1.00. The molecule has 0 saturated carbocycles. The maximum atomic E-state index is 13.8. The molecule has 0 aromatic heterocycles. The molecule has 0 fully saturated rings. The Bertz CT molecular complexity index is 737. The van der Waals surface area contributed by atoms with Crippen LogP contribution >= 0.6 is 0 Å². The van der Waals surface area contributed by atoms with E-state index in [-0.39, 0.29) is 0 Å². The number of halogens is 17. The molecule has 0 aliphatic carbocycles. The zero-order valence-electron chi connectivity index (χ0n) is 16.8. The minimum Gasteiger partial charge on any atom is -0.396 e. The minimum atomic E-state index is -8.73. The van der Waals surface area contributed by atoms with Gasteiger partial charge in [-0.2, -0.15) is 74.6 Å². The first-order chi connectivity index (χ1) is 15.6. The van der Waals surface area contributed by atoms with Crippen LogP contribution in [0.25, 0.3) is 0 Å². The minimum absolute atomic E-state index is 1.49. The van der Waals surface area contributed by atoms with Gasteiger partial charge in [-0.3, -0.25) is 0 Å². The third-order valence-electron chi connectivity index (χ3n) is 5.17. The molecule has 4 nitrogen and oxygen atoms in total. The number of hydrogen-bond donors (Lipinski definition) is 4. The van der Waals surface area contributed by atoms with Gasteiger partial charge in [-0.15, -0.1) is 0 Å². The summed E-state index contributed by atoms with van der Waals surface area (Å²) in [6.45, 7) is -4.48. The fourth-order valence-corrected chi connectivity index (χ4v) is 2.44. The van der Waals surface area contributed by atoms with Gasteiger partial charge in [0.05, 0.1) is 31.3 Å². The molecule has 0 aromatic carbocycles. The Labute approximate surface area is 188 Å². The van der Waals surface area contributed by atoms with Gasteiger partial charge in [0.1, 0.15) is 0 Å². The molecule has 21 heteroatoms. The second kappa shape index (κ2) is 9.75. The summed E-state index contributed by atoms with van der Waals surface area (Å²) < 4.78 is 224. The van der Waals surface area contributed by atoms with E-state index in [0.29, 0.717) is 0 Å². The van der Waals surface area contributed by atoms with Crippen LogP contribution in [0.2, 0.25) is 0 Å². The topological polar surface area (TPSA) is 80.9 Å². The van der Waals surface area contributed by atoms with Crippen molar-refractivity contribution in [2.24, 2.45) is 5.41 Å². The van der Waals surface area contributed by atoms with Crippen molar-refractivity contribution in [2.75, 3.05) is 19.8 Å². The van der Waals surface area contributed by atoms with E-state index in [0.717, 1.165) is 0 Å². The van der Waals surface area contributed by atoms with Crippen molar-refractivity contribution in [3.63, 3.8) is 0 Å². The molecule has 0 spiro atoms. The van der Waals surface area contributed by atoms with E-state index in [4.69, 9.17) is 15.3 Å². The van der Waals surface area contributed by atoms with Crippen molar-refractivity contribution < 1.29 is 95.1 Å². The summed E-state index contributed by atoms with van der Waals surface area (Å²) in [5.74, 6) is -57.3. The van der Waals surface area contributed by atoms with Gasteiger partial charge >= 0.3 is 47.6 Å². The smallest absolute Gasteiger partial charge is 0.396 e. The Morgan fingerprint density at radius 3 is 1.00 bits per heavy atom. The third-order valence-corrected chi connectivity index (χ3v) is 5.17. The predicted octanol–water partition coefficient (Wildman–Crippen LogP) is 4.10. The Morgan fingerprint density at radius 2 is 0.722 bits per heavy atom. The molecule has 0 aliphatic rings. The van der Waals surface area contributed by atoms with Crippen molar-refractivity contribution in [1.29, 1.82) is 0 Å². The largest absolute Gasteiger partial charge is 0.460 e. The second-order valence-corrected chi connectivity index (χ2v) is 7.54. The zero-order chi connectivity index (χ0) is 29.6. The molecule has 0 rings (SSSR count). The van der Waals surface area contributed by atoms with Gasteiger partial charge in [0, 0.05) is 6.42 Å². The highest BCUT2D eigenvalue weighted by Crippen LogP contribution is 2.64. The predicted molar refractivity (Wildman–Crippen MR) is 79.6 cm³/mol. The van der Waals surface area contributed by atoms with E-state index in [9.17, 15) is 79.7 Å². The Morgan fingerprint density at radius 1 is 0.444 bits per heavy atom. The van der Waals surface area contributed by atoms with Gasteiger partial charge in [0.2, 0.25) is 0 Å². The van der Waals surface area contributed by atoms with E-state index >= 15 is 0 Å². The average Bonchev–Trinajstić information content (AvgIpc) is 2.72. The first kappa shape index (κ1) is 34.6. The van der Waals surface area contributed by atoms with Gasteiger partial charge in [-0.05, 0) is 6.42 Å². The average molecular weight is 582 g/mol. The highest BCUT2D eigenvalue weighted by molar-refractivity contribution is 5.15. The van der Waals surface area contributed by atoms with Crippen molar-refractivity contribution in [3.05, 3.63) is 0 Å². The van der Waals surface area contributed by atoms with Crippen LogP contribution in [0.1, 0.15) is 12.8 Å². The summed E-state index contributed by atoms with van der Waals surface area (Å²) in [5.41, 5.74) is -2.60. The Hall–Kier alpha value is -1.35. The summed E-state index contributed by atoms with van der Waals surface area (Å²) in [4.78, 5) is 0. The molecule has 4 N–H and O–H groups in total. The van der Waals surface area contributed by atoms with Crippen LogP contribution < -0.4 is 0 Å². The molecule has 1 unspecified atom stereocenters. The number of aliphatic hydroxyl groups excluding tert-OH is 4. The van der Waals surface area contributed by atoms with Crippen LogP contribution in [0.5, 0.6) is 0 Å². The van der Waals surface area contributed by atoms with Gasteiger partial charge in [0.15, 0.2) is 0 Å². The molecular formula is C15H15F17O4. The number of aliphatic hydroxyl groups is 4. The molecular weight excluding hydrogens is 567 g/mol. The summed E-state index contributed by atoms with van der Waals surface area (Å²) in [5, 5.41) is 36.3. The SMILES string of the molecule is OCC(CO)(CO)C(O)CCC(F)(F)C(F)(F)C(F)(F)C(F)(F)C(F)(F)C(F)(F)C(F)(F)C(F)(F)F. The van der Waals surface area contributed by atoms with Crippen molar-refractivity contribution in [3.8, 4) is 0 Å². The summed E-state index contributed by atoms with van der Waals surface area (Å²) in [6, 6.07) is 0. The standard InChI is InChI=1S/C15H15F17O4/c16-8(17,2-1-6(36)7(3-33,4-34)5-35)9(18,19)10(20,21)11(22,23)12(24,25)13(26,27)14(28,29)15(30,31)32/h6,33-36H,1-5H2. The van der Waals surface area contributed by atoms with Crippen LogP contribution in [-0.2, 0) is 0 Å². The van der Waals surface area contributed by atoms with E-state index in [1.165, 1.54) is 0 Å². The molecule has 0 radical (unpaired) electrons. The van der Waals surface area contributed by atoms with Crippen LogP contribution in [0.15, 0.2) is 0 Å². The molecule has 218 valence electrons. The highest BCUT2D eigenvalue weighted by atomic mass is 19.4. The summed E-state index contributed by atoms with van der Waals surface area (Å²) >= 11 is 0. The van der Waals surface area contributed by atoms with Crippen LogP contribution in [-0.4, -0.2) is 94.0 Å². The zero-order valence-corrected chi connectivity index (χ0v) is 16.8. The van der Waals surface area contributed by atoms with Crippen molar-refractivity contribution >= 4 is 0 Å². The lowest BCUT2D eigenvalue weighted by molar-refractivity contribution is -0.461. The van der Waals surface area contributed by atoms with E-state index in [1.54, 1.807) is 0 Å². The number of hydrogen-bond acceptors (Lipinski definition) is 4. The van der Waals surface area contributed by atoms with Crippen LogP contribution in [0.3, 0.4) is 0 Å². The maximum absolute atomic E-state index is 13.8. The molecule has 1 atom stereocenters. The second-order valence-electron chi connectivity index (χ2n) is 7.54. The van der Waals surface area contributed by atoms with Gasteiger partial charge < -0.3 is 20.4 Å². The number of alkyl halides is 17. The monoisotopic (exact) mass is 582 g/mol. The molecule has 0 saturated heterocycles. The molecule has 0 amide bonds. The van der Waals surface area contributed by atoms with Crippen LogP contribution in [0, 0.1) is 5.41 Å². The molecule has 0 aromatic rings. The summed E-state index contributed by atoms with van der Waals surface area (Å²) in [7, 11) is 0. The maximum Gasteiger partial charge on any atom is 0.460 e. The lowest BCUT2D eigenvalue weighted by atomic mass is 9.80. The van der Waals surface area contributed by atoms with Crippen LogP contribution in [0.4, 0.5) is 74.6 Å². The molecule has 0 aliphatic heterocycles. The van der Waals surface area contributed by atoms with Crippen molar-refractivity contribution in [1.82, 2.24) is 0 Å². The fourth-order valence-electron chi connectivity index (χ4n) is 2.44. The lowest BCUT2D eigenvalue weighted by Gasteiger charge is -2.43. The van der Waals surface area contributed by atoms with Crippen molar-refractivity contribution in [2.45, 2.75) is 66.6 Å². The lowest BCUT2D eigenvalue weighted by Crippen LogP contribution is -2.74. The Kier molecular flexibility index (Phi) is 9.39. The molecule has 0 bridgehead atoms. The highest BCUT2D eigenvalue weighted by Gasteiger charge is 2.95. The first-order valence-corrected chi connectivity index (χ1v) is 8.78. The van der Waals surface area contributed by atoms with Gasteiger partial charge in [-0.1, -0.05) is 0 Å². The number of rotatable bonds is 13. The normalized spacial score (nSPS) is 16.9. The van der Waals surface area contributed by atoms with E-state index < -0.39 is 91.8 Å². The van der Waals surface area contributed by atoms with Gasteiger partial charge in [-0.25, -0.2) is 0 Å². The molecule has 0 heterocycles. The van der Waals surface area contributed by atoms with E-state index in [2.05, 4.69) is 0 Å². The first-order valence-electron chi connectivity index (χ1n) is 8.78. The Balaban J connectivity index is 6.47. The summed E-state index contributed by atoms with van der Waals surface area (Å²) in [6.07, 6.45) is -15.5. The quantitative estimate of drug-likeness (QED) is 0.247. The third kappa shape index (κ3) is 4.79. The molecule has 36 heavy (non-hydrogen) atoms.